The predicted molar refractivity (Wildman–Crippen MR) is 98.5 cm³/mol. The SMILES string of the molecule is CCNC(=NCc1ccco1)NCCCc1cnn(C)c1.I. The maximum Gasteiger partial charge on any atom is 0.191 e. The Balaban J connectivity index is 0.00000242. The van der Waals surface area contributed by atoms with Gasteiger partial charge in [0.1, 0.15) is 12.3 Å². The zero-order valence-electron chi connectivity index (χ0n) is 13.1. The van der Waals surface area contributed by atoms with Gasteiger partial charge in [-0.2, -0.15) is 5.10 Å². The van der Waals surface area contributed by atoms with E-state index in [0.29, 0.717) is 6.54 Å². The summed E-state index contributed by atoms with van der Waals surface area (Å²) >= 11 is 0. The van der Waals surface area contributed by atoms with Crippen LogP contribution in [0.3, 0.4) is 0 Å². The van der Waals surface area contributed by atoms with Gasteiger partial charge in [-0.25, -0.2) is 4.99 Å². The molecule has 0 radical (unpaired) electrons. The largest absolute Gasteiger partial charge is 0.467 e. The van der Waals surface area contributed by atoms with Gasteiger partial charge in [-0.15, -0.1) is 24.0 Å². The molecule has 0 aliphatic rings. The van der Waals surface area contributed by atoms with E-state index in [1.807, 2.05) is 30.1 Å². The van der Waals surface area contributed by atoms with Crippen LogP contribution in [0.2, 0.25) is 0 Å². The Morgan fingerprint density at radius 3 is 2.91 bits per heavy atom. The van der Waals surface area contributed by atoms with E-state index in [1.54, 1.807) is 6.26 Å². The molecule has 0 amide bonds. The van der Waals surface area contributed by atoms with Crippen LogP contribution in [0.4, 0.5) is 0 Å². The Morgan fingerprint density at radius 2 is 2.27 bits per heavy atom. The second kappa shape index (κ2) is 10.3. The summed E-state index contributed by atoms with van der Waals surface area (Å²) in [5.41, 5.74) is 1.26. The molecule has 0 saturated heterocycles. The number of halogens is 1. The first-order valence-corrected chi connectivity index (χ1v) is 7.30. The zero-order chi connectivity index (χ0) is 14.9. The van der Waals surface area contributed by atoms with Crippen molar-refractivity contribution in [2.24, 2.45) is 12.0 Å². The number of furan rings is 1. The zero-order valence-corrected chi connectivity index (χ0v) is 15.4. The second-order valence-electron chi connectivity index (χ2n) is 4.83. The fourth-order valence-electron chi connectivity index (χ4n) is 2.00. The Morgan fingerprint density at radius 1 is 1.41 bits per heavy atom. The van der Waals surface area contributed by atoms with Gasteiger partial charge in [0.05, 0.1) is 12.5 Å². The Hall–Kier alpha value is -1.51. The van der Waals surface area contributed by atoms with Crippen molar-refractivity contribution in [1.82, 2.24) is 20.4 Å². The minimum absolute atomic E-state index is 0. The lowest BCUT2D eigenvalue weighted by atomic mass is 10.2. The lowest BCUT2D eigenvalue weighted by Gasteiger charge is -2.10. The number of guanidine groups is 1. The number of aromatic nitrogens is 2. The van der Waals surface area contributed by atoms with Crippen molar-refractivity contribution in [1.29, 1.82) is 0 Å². The van der Waals surface area contributed by atoms with Crippen LogP contribution in [0.25, 0.3) is 0 Å². The van der Waals surface area contributed by atoms with Gasteiger partial charge < -0.3 is 15.1 Å². The van der Waals surface area contributed by atoms with E-state index < -0.39 is 0 Å². The molecule has 0 saturated carbocycles. The third-order valence-electron chi connectivity index (χ3n) is 3.01. The molecule has 0 bridgehead atoms. The monoisotopic (exact) mass is 417 g/mol. The van der Waals surface area contributed by atoms with Crippen LogP contribution >= 0.6 is 24.0 Å². The molecule has 2 heterocycles. The maximum absolute atomic E-state index is 5.28. The summed E-state index contributed by atoms with van der Waals surface area (Å²) in [6.45, 7) is 4.32. The number of hydrogen-bond donors (Lipinski definition) is 2. The van der Waals surface area contributed by atoms with Crippen LogP contribution in [0, 0.1) is 0 Å². The van der Waals surface area contributed by atoms with Crippen molar-refractivity contribution in [2.75, 3.05) is 13.1 Å². The van der Waals surface area contributed by atoms with Gasteiger partial charge in [-0.3, -0.25) is 4.68 Å². The van der Waals surface area contributed by atoms with E-state index in [1.165, 1.54) is 5.56 Å². The maximum atomic E-state index is 5.28. The second-order valence-corrected chi connectivity index (χ2v) is 4.83. The Kier molecular flexibility index (Phi) is 8.64. The lowest BCUT2D eigenvalue weighted by molar-refractivity contribution is 0.512. The topological polar surface area (TPSA) is 67.4 Å². The molecule has 22 heavy (non-hydrogen) atoms. The average molecular weight is 417 g/mol. The summed E-state index contributed by atoms with van der Waals surface area (Å²) < 4.78 is 7.11. The molecule has 122 valence electrons. The molecular weight excluding hydrogens is 393 g/mol. The van der Waals surface area contributed by atoms with Gasteiger partial charge in [0.25, 0.3) is 0 Å². The summed E-state index contributed by atoms with van der Waals surface area (Å²) in [7, 11) is 1.94. The van der Waals surface area contributed by atoms with E-state index in [4.69, 9.17) is 4.42 Å². The molecule has 0 unspecified atom stereocenters. The number of aryl methyl sites for hydroxylation is 2. The van der Waals surface area contributed by atoms with Crippen LogP contribution in [-0.4, -0.2) is 28.8 Å². The fourth-order valence-corrected chi connectivity index (χ4v) is 2.00. The predicted octanol–water partition coefficient (Wildman–Crippen LogP) is 2.32. The van der Waals surface area contributed by atoms with Crippen LogP contribution in [0.5, 0.6) is 0 Å². The van der Waals surface area contributed by atoms with E-state index in [-0.39, 0.29) is 24.0 Å². The number of hydrogen-bond acceptors (Lipinski definition) is 3. The number of nitrogens with zero attached hydrogens (tertiary/aromatic N) is 3. The van der Waals surface area contributed by atoms with Crippen molar-refractivity contribution in [2.45, 2.75) is 26.3 Å². The molecule has 0 aliphatic carbocycles. The Labute approximate surface area is 148 Å². The van der Waals surface area contributed by atoms with Gasteiger partial charge in [0.15, 0.2) is 5.96 Å². The summed E-state index contributed by atoms with van der Waals surface area (Å²) in [4.78, 5) is 4.49. The molecule has 6 nitrogen and oxygen atoms in total. The van der Waals surface area contributed by atoms with E-state index >= 15 is 0 Å². The number of aliphatic imine (C=N–C) groups is 1. The van der Waals surface area contributed by atoms with Crippen molar-refractivity contribution in [3.05, 3.63) is 42.1 Å². The molecule has 0 atom stereocenters. The average Bonchev–Trinajstić information content (AvgIpc) is 3.12. The highest BCUT2D eigenvalue weighted by molar-refractivity contribution is 14.0. The quantitative estimate of drug-likeness (QED) is 0.314. The van der Waals surface area contributed by atoms with Crippen molar-refractivity contribution >= 4 is 29.9 Å². The molecule has 2 aromatic heterocycles. The highest BCUT2D eigenvalue weighted by Crippen LogP contribution is 2.02. The molecule has 0 aliphatic heterocycles. The molecule has 0 fully saturated rings. The third kappa shape index (κ3) is 6.50. The Bertz CT molecular complexity index is 550. The van der Waals surface area contributed by atoms with Crippen molar-refractivity contribution < 1.29 is 4.42 Å². The van der Waals surface area contributed by atoms with Gasteiger partial charge in [0, 0.05) is 26.3 Å². The number of rotatable bonds is 7. The summed E-state index contributed by atoms with van der Waals surface area (Å²) in [5.74, 6) is 1.68. The highest BCUT2D eigenvalue weighted by Gasteiger charge is 2.00. The van der Waals surface area contributed by atoms with E-state index in [2.05, 4.69) is 33.8 Å². The first-order valence-electron chi connectivity index (χ1n) is 7.30. The molecule has 7 heteroatoms. The molecular formula is C15H24IN5O. The molecule has 2 aromatic rings. The molecule has 0 aromatic carbocycles. The van der Waals surface area contributed by atoms with Crippen molar-refractivity contribution in [3.63, 3.8) is 0 Å². The summed E-state index contributed by atoms with van der Waals surface area (Å²) in [5, 5.41) is 10.7. The number of nitrogens with one attached hydrogen (secondary N) is 2. The van der Waals surface area contributed by atoms with Crippen molar-refractivity contribution in [3.8, 4) is 0 Å². The first-order chi connectivity index (χ1) is 10.3. The van der Waals surface area contributed by atoms with Gasteiger partial charge in [-0.1, -0.05) is 0 Å². The lowest BCUT2D eigenvalue weighted by Crippen LogP contribution is -2.37. The summed E-state index contributed by atoms with van der Waals surface area (Å²) in [6, 6.07) is 3.80. The smallest absolute Gasteiger partial charge is 0.191 e. The minimum Gasteiger partial charge on any atom is -0.467 e. The van der Waals surface area contributed by atoms with Crippen LogP contribution in [0.1, 0.15) is 24.7 Å². The van der Waals surface area contributed by atoms with E-state index in [9.17, 15) is 0 Å². The molecule has 2 N–H and O–H groups in total. The van der Waals surface area contributed by atoms with E-state index in [0.717, 1.165) is 37.7 Å². The normalized spacial score (nSPS) is 11.1. The molecule has 0 spiro atoms. The van der Waals surface area contributed by atoms with Crippen LogP contribution in [-0.2, 0) is 20.0 Å². The van der Waals surface area contributed by atoms with Gasteiger partial charge in [0.2, 0.25) is 0 Å². The highest BCUT2D eigenvalue weighted by atomic mass is 127. The first kappa shape index (κ1) is 18.5. The molecule has 2 rings (SSSR count). The van der Waals surface area contributed by atoms with Gasteiger partial charge >= 0.3 is 0 Å². The van der Waals surface area contributed by atoms with Crippen LogP contribution in [0.15, 0.2) is 40.2 Å². The summed E-state index contributed by atoms with van der Waals surface area (Å²) in [6.07, 6.45) is 7.68. The van der Waals surface area contributed by atoms with Crippen LogP contribution < -0.4 is 10.6 Å². The minimum atomic E-state index is 0. The fraction of sp³-hybridized carbons (Fsp3) is 0.467. The standard InChI is InChI=1S/C15H23N5O.HI/c1-3-16-15(18-11-14-7-5-9-21-14)17-8-4-6-13-10-19-20(2)12-13;/h5,7,9-10,12H,3-4,6,8,11H2,1-2H3,(H2,16,17,18);1H. The third-order valence-corrected chi connectivity index (χ3v) is 3.01. The van der Waals surface area contributed by atoms with Gasteiger partial charge in [-0.05, 0) is 37.5 Å².